The van der Waals surface area contributed by atoms with Crippen molar-refractivity contribution in [1.82, 2.24) is 5.32 Å². The number of carboxylic acids is 1. The number of nitrogens with one attached hydrogen (secondary N) is 1. The highest BCUT2D eigenvalue weighted by Gasteiger charge is 2.23. The van der Waals surface area contributed by atoms with Crippen molar-refractivity contribution >= 4 is 19.9 Å². The maximum Gasteiger partial charge on any atom is 0.466 e. The SMILES string of the molecule is O=C(NC(Cc1ccc(O)cc1)C(=O)O)OCc1cccc2c1Cc1ccccc1-2.O=P(O)(O)O. The number of alkyl carbamates (subject to hydrolysis) is 1. The van der Waals surface area contributed by atoms with Crippen LogP contribution in [0.25, 0.3) is 11.1 Å². The minimum Gasteiger partial charge on any atom is -0.508 e. The number of hydrogen-bond acceptors (Lipinski definition) is 5. The minimum atomic E-state index is -4.64. The van der Waals surface area contributed by atoms with Crippen molar-refractivity contribution < 1.29 is 43.8 Å². The summed E-state index contributed by atoms with van der Waals surface area (Å²) in [5, 5.41) is 21.2. The van der Waals surface area contributed by atoms with E-state index in [-0.39, 0.29) is 18.8 Å². The van der Waals surface area contributed by atoms with Crippen LogP contribution in [-0.2, 0) is 33.5 Å². The maximum absolute atomic E-state index is 12.3. The molecule has 0 saturated heterocycles. The molecular weight excluding hydrogens is 477 g/mol. The first-order valence-corrected chi connectivity index (χ1v) is 12.0. The van der Waals surface area contributed by atoms with Gasteiger partial charge in [0.1, 0.15) is 18.4 Å². The quantitative estimate of drug-likeness (QED) is 0.217. The van der Waals surface area contributed by atoms with Crippen LogP contribution >= 0.6 is 7.82 Å². The van der Waals surface area contributed by atoms with Gasteiger partial charge in [0.2, 0.25) is 0 Å². The van der Waals surface area contributed by atoms with E-state index in [0.29, 0.717) is 5.56 Å². The number of hydrogen-bond donors (Lipinski definition) is 6. The van der Waals surface area contributed by atoms with Crippen molar-refractivity contribution in [2.24, 2.45) is 0 Å². The highest BCUT2D eigenvalue weighted by Crippen LogP contribution is 2.38. The zero-order valence-electron chi connectivity index (χ0n) is 18.4. The fourth-order valence-electron chi connectivity index (χ4n) is 3.75. The van der Waals surface area contributed by atoms with E-state index in [9.17, 15) is 19.8 Å². The van der Waals surface area contributed by atoms with Gasteiger partial charge in [0.25, 0.3) is 0 Å². The molecule has 1 atom stereocenters. The number of fused-ring (bicyclic) bond motifs is 3. The topological polar surface area (TPSA) is 174 Å². The second kappa shape index (κ2) is 11.2. The third-order valence-electron chi connectivity index (χ3n) is 5.27. The summed E-state index contributed by atoms with van der Waals surface area (Å²) in [5.41, 5.74) is 6.29. The number of phenols is 1. The predicted molar refractivity (Wildman–Crippen MR) is 126 cm³/mol. The molecule has 11 heteroatoms. The molecule has 35 heavy (non-hydrogen) atoms. The first-order valence-electron chi connectivity index (χ1n) is 10.4. The van der Waals surface area contributed by atoms with Gasteiger partial charge in [0, 0.05) is 6.42 Å². The van der Waals surface area contributed by atoms with Gasteiger partial charge in [-0.05, 0) is 51.9 Å². The van der Waals surface area contributed by atoms with Crippen molar-refractivity contribution in [3.8, 4) is 16.9 Å². The summed E-state index contributed by atoms with van der Waals surface area (Å²) >= 11 is 0. The molecule has 3 aromatic carbocycles. The number of amides is 1. The fourth-order valence-corrected chi connectivity index (χ4v) is 3.75. The lowest BCUT2D eigenvalue weighted by Gasteiger charge is -2.15. The van der Waals surface area contributed by atoms with E-state index >= 15 is 0 Å². The third kappa shape index (κ3) is 7.66. The Hall–Kier alpha value is -3.69. The summed E-state index contributed by atoms with van der Waals surface area (Å²) in [7, 11) is -4.64. The number of aliphatic carboxylic acids is 1. The number of carboxylic acid groups (broad SMARTS) is 1. The average molecular weight is 501 g/mol. The van der Waals surface area contributed by atoms with E-state index in [4.69, 9.17) is 24.0 Å². The molecule has 0 aromatic heterocycles. The van der Waals surface area contributed by atoms with Crippen LogP contribution in [0.15, 0.2) is 66.7 Å². The van der Waals surface area contributed by atoms with Crippen molar-refractivity contribution in [2.75, 3.05) is 0 Å². The van der Waals surface area contributed by atoms with E-state index in [1.54, 1.807) is 12.1 Å². The van der Waals surface area contributed by atoms with Gasteiger partial charge in [-0.2, -0.15) is 0 Å². The predicted octanol–water partition coefficient (Wildman–Crippen LogP) is 2.96. The molecule has 3 aromatic rings. The van der Waals surface area contributed by atoms with Crippen LogP contribution in [0.5, 0.6) is 5.75 Å². The van der Waals surface area contributed by atoms with Gasteiger partial charge in [-0.3, -0.25) is 0 Å². The Morgan fingerprint density at radius 2 is 1.57 bits per heavy atom. The molecule has 184 valence electrons. The van der Waals surface area contributed by atoms with E-state index in [0.717, 1.165) is 23.1 Å². The van der Waals surface area contributed by atoms with Gasteiger partial charge < -0.3 is 34.9 Å². The van der Waals surface area contributed by atoms with Crippen LogP contribution < -0.4 is 5.32 Å². The molecule has 0 heterocycles. The summed E-state index contributed by atoms with van der Waals surface area (Å²) in [6.45, 7) is 0.0640. The molecule has 0 radical (unpaired) electrons. The minimum absolute atomic E-state index is 0.0640. The summed E-state index contributed by atoms with van der Waals surface area (Å²) in [6, 6.07) is 19.1. The smallest absolute Gasteiger partial charge is 0.466 e. The number of phosphoric acid groups is 1. The van der Waals surface area contributed by atoms with E-state index in [1.807, 2.05) is 24.3 Å². The number of carbonyl (C=O) groups is 2. The molecule has 0 saturated carbocycles. The maximum atomic E-state index is 12.3. The summed E-state index contributed by atoms with van der Waals surface area (Å²) in [4.78, 5) is 45.4. The monoisotopic (exact) mass is 501 g/mol. The zero-order chi connectivity index (χ0) is 25.6. The number of aromatic hydroxyl groups is 1. The largest absolute Gasteiger partial charge is 0.508 e. The standard InChI is InChI=1S/C24H21NO5.H3O4P/c26-18-10-8-15(9-11-18)12-22(23(27)28)25-24(29)30-14-17-5-3-7-20-19-6-2-1-4-16(19)13-21(17)20;1-5(2,3)4/h1-11,22,26H,12-14H2,(H,25,29)(H,27,28);(H3,1,2,3,4). The molecule has 1 aliphatic rings. The molecule has 0 bridgehead atoms. The van der Waals surface area contributed by atoms with Crippen molar-refractivity contribution in [3.63, 3.8) is 0 Å². The summed E-state index contributed by atoms with van der Waals surface area (Å²) < 4.78 is 14.2. The van der Waals surface area contributed by atoms with Crippen LogP contribution in [0.4, 0.5) is 4.79 Å². The van der Waals surface area contributed by atoms with Gasteiger partial charge >= 0.3 is 19.9 Å². The average Bonchev–Trinajstić information content (AvgIpc) is 3.17. The third-order valence-corrected chi connectivity index (χ3v) is 5.27. The lowest BCUT2D eigenvalue weighted by Crippen LogP contribution is -2.42. The molecular formula is C24H24NO9P. The normalized spacial score (nSPS) is 12.4. The molecule has 0 aliphatic heterocycles. The second-order valence-corrected chi connectivity index (χ2v) is 8.80. The highest BCUT2D eigenvalue weighted by molar-refractivity contribution is 7.45. The van der Waals surface area contributed by atoms with Crippen molar-refractivity contribution in [3.05, 3.63) is 89.0 Å². The highest BCUT2D eigenvalue weighted by atomic mass is 31.2. The fraction of sp³-hybridized carbons (Fsp3) is 0.167. The molecule has 1 amide bonds. The Morgan fingerprint density at radius 1 is 0.943 bits per heavy atom. The Bertz CT molecular complexity index is 1250. The number of carbonyl (C=O) groups excluding carboxylic acids is 1. The second-order valence-electron chi connectivity index (χ2n) is 7.77. The summed E-state index contributed by atoms with van der Waals surface area (Å²) in [6.07, 6.45) is 0.0840. The number of rotatable bonds is 6. The summed E-state index contributed by atoms with van der Waals surface area (Å²) in [5.74, 6) is -1.06. The lowest BCUT2D eigenvalue weighted by atomic mass is 10.0. The molecule has 0 fully saturated rings. The van der Waals surface area contributed by atoms with Crippen LogP contribution in [0.1, 0.15) is 22.3 Å². The number of phenolic OH excluding ortho intramolecular Hbond substituents is 1. The molecule has 1 aliphatic carbocycles. The molecule has 0 spiro atoms. The van der Waals surface area contributed by atoms with Crippen LogP contribution in [0, 0.1) is 0 Å². The lowest BCUT2D eigenvalue weighted by molar-refractivity contribution is -0.139. The van der Waals surface area contributed by atoms with Crippen molar-refractivity contribution in [1.29, 1.82) is 0 Å². The molecule has 6 N–H and O–H groups in total. The Kier molecular flexibility index (Phi) is 8.26. The van der Waals surface area contributed by atoms with Crippen LogP contribution in [-0.4, -0.2) is 43.0 Å². The molecule has 1 unspecified atom stereocenters. The number of benzene rings is 3. The van der Waals surface area contributed by atoms with Gasteiger partial charge in [-0.25, -0.2) is 14.2 Å². The number of ether oxygens (including phenoxy) is 1. The molecule has 10 nitrogen and oxygen atoms in total. The Balaban J connectivity index is 0.000000623. The zero-order valence-corrected chi connectivity index (χ0v) is 19.3. The first-order chi connectivity index (χ1) is 16.5. The first kappa shape index (κ1) is 25.9. The molecule has 4 rings (SSSR count). The van der Waals surface area contributed by atoms with Crippen LogP contribution in [0.3, 0.4) is 0 Å². The Morgan fingerprint density at radius 3 is 2.23 bits per heavy atom. The van der Waals surface area contributed by atoms with Gasteiger partial charge in [0.05, 0.1) is 0 Å². The van der Waals surface area contributed by atoms with Crippen LogP contribution in [0.2, 0.25) is 0 Å². The van der Waals surface area contributed by atoms with E-state index in [2.05, 4.69) is 23.5 Å². The van der Waals surface area contributed by atoms with E-state index < -0.39 is 25.9 Å². The van der Waals surface area contributed by atoms with Crippen molar-refractivity contribution in [2.45, 2.75) is 25.5 Å². The Labute approximate surface area is 200 Å². The van der Waals surface area contributed by atoms with Gasteiger partial charge in [-0.15, -0.1) is 0 Å². The van der Waals surface area contributed by atoms with Gasteiger partial charge in [0.15, 0.2) is 0 Å². The van der Waals surface area contributed by atoms with E-state index in [1.165, 1.54) is 23.3 Å². The van der Waals surface area contributed by atoms with Gasteiger partial charge in [-0.1, -0.05) is 54.6 Å².